The molecule has 10 heteroatoms. The molecular weight excluding hydrogens is 558 g/mol. The summed E-state index contributed by atoms with van der Waals surface area (Å²) in [4.78, 5) is 46.8. The highest BCUT2D eigenvalue weighted by molar-refractivity contribution is 6.23. The number of nitrogens with one attached hydrogen (secondary N) is 2. The summed E-state index contributed by atoms with van der Waals surface area (Å²) < 4.78 is 12.6. The summed E-state index contributed by atoms with van der Waals surface area (Å²) in [7, 11) is 1.66. The zero-order chi connectivity index (χ0) is 31.5. The number of hydrogen-bond acceptors (Lipinski definition) is 8. The standard InChI is InChI=1S/C34H55N5O5/c1-4-5-8-15-32(16-9-10-17-32)43-30(42)34-29(41)25-12-7-6-11-24(25)28(40)33(34,44-34)18-13-22(2)20-26(39-31(36)37-3)23-14-19-38-27(35)21-23/h13,23-27,38H,4-12,14-21,35H2,1-3H3,(H3,36,37,39)/t23?,24?,25?,26-,27?,33+,34+/m1/s1. The van der Waals surface area contributed by atoms with Gasteiger partial charge in [-0.25, -0.2) is 4.79 Å². The molecule has 0 spiro atoms. The Morgan fingerprint density at radius 1 is 1.14 bits per heavy atom. The number of carbonyl (C=O) groups excluding carboxylic acids is 3. The third-order valence-corrected chi connectivity index (χ3v) is 11.3. The Bertz CT molecular complexity index is 1150. The van der Waals surface area contributed by atoms with E-state index in [1.165, 1.54) is 0 Å². The van der Waals surface area contributed by atoms with Crippen molar-refractivity contribution in [3.05, 3.63) is 11.6 Å². The number of fused-ring (bicyclic) bond motifs is 2. The Labute approximate surface area is 262 Å². The van der Waals surface area contributed by atoms with Crippen LogP contribution in [0.25, 0.3) is 0 Å². The lowest BCUT2D eigenvalue weighted by molar-refractivity contribution is -0.171. The van der Waals surface area contributed by atoms with E-state index in [2.05, 4.69) is 22.5 Å². The molecule has 0 aromatic heterocycles. The van der Waals surface area contributed by atoms with Crippen LogP contribution in [0, 0.1) is 17.8 Å². The number of piperidine rings is 1. The molecule has 0 radical (unpaired) electrons. The van der Waals surface area contributed by atoms with Crippen LogP contribution in [0.2, 0.25) is 0 Å². The number of hydrogen-bond donors (Lipinski definition) is 4. The van der Waals surface area contributed by atoms with Gasteiger partial charge in [0, 0.05) is 31.3 Å². The van der Waals surface area contributed by atoms with Gasteiger partial charge in [-0.1, -0.05) is 44.3 Å². The molecule has 2 aliphatic heterocycles. The predicted octanol–water partition coefficient (Wildman–Crippen LogP) is 3.80. The lowest BCUT2D eigenvalue weighted by atomic mass is 9.61. The number of ether oxygens (including phenoxy) is 2. The number of ketones is 2. The third kappa shape index (κ3) is 6.23. The molecule has 0 amide bonds. The van der Waals surface area contributed by atoms with E-state index < -0.39 is 28.7 Å². The summed E-state index contributed by atoms with van der Waals surface area (Å²) in [6, 6.07) is 0.00667. The van der Waals surface area contributed by atoms with Gasteiger partial charge < -0.3 is 31.6 Å². The number of guanidine groups is 1. The van der Waals surface area contributed by atoms with Crippen LogP contribution in [0.3, 0.4) is 0 Å². The number of unbranched alkanes of at least 4 members (excludes halogenated alkanes) is 2. The van der Waals surface area contributed by atoms with Gasteiger partial charge in [-0.3, -0.25) is 14.6 Å². The van der Waals surface area contributed by atoms with Crippen molar-refractivity contribution in [2.24, 2.45) is 34.2 Å². The normalized spacial score (nSPS) is 35.9. The minimum atomic E-state index is -1.82. The first-order valence-corrected chi connectivity index (χ1v) is 17.3. The maximum Gasteiger partial charge on any atom is 0.350 e. The van der Waals surface area contributed by atoms with Gasteiger partial charge in [0.25, 0.3) is 5.60 Å². The fourth-order valence-electron chi connectivity index (χ4n) is 8.69. The summed E-state index contributed by atoms with van der Waals surface area (Å²) in [5.74, 6) is -1.12. The van der Waals surface area contributed by atoms with Crippen LogP contribution in [0.4, 0.5) is 0 Å². The minimum absolute atomic E-state index is 0.00667. The molecule has 5 aliphatic rings. The van der Waals surface area contributed by atoms with E-state index in [0.29, 0.717) is 25.2 Å². The first kappa shape index (κ1) is 33.1. The molecule has 0 aromatic rings. The topological polar surface area (TPSA) is 161 Å². The summed E-state index contributed by atoms with van der Waals surface area (Å²) in [5.41, 5.74) is 9.48. The highest BCUT2D eigenvalue weighted by atomic mass is 16.7. The van der Waals surface area contributed by atoms with Crippen LogP contribution in [-0.4, -0.2) is 66.1 Å². The quantitative estimate of drug-likeness (QED) is 0.0488. The van der Waals surface area contributed by atoms with Crippen molar-refractivity contribution in [3.63, 3.8) is 0 Å². The molecule has 6 N–H and O–H groups in total. The van der Waals surface area contributed by atoms with E-state index in [4.69, 9.17) is 20.9 Å². The second-order valence-electron chi connectivity index (χ2n) is 14.2. The van der Waals surface area contributed by atoms with Gasteiger partial charge in [0.15, 0.2) is 23.1 Å². The van der Waals surface area contributed by atoms with Crippen molar-refractivity contribution in [1.82, 2.24) is 10.6 Å². The molecule has 2 heterocycles. The molecule has 2 saturated heterocycles. The average Bonchev–Trinajstić information content (AvgIpc) is 3.54. The predicted molar refractivity (Wildman–Crippen MR) is 170 cm³/mol. The molecule has 10 nitrogen and oxygen atoms in total. The highest BCUT2D eigenvalue weighted by Crippen LogP contribution is 2.62. The number of Topliss-reactive ketones (excluding diaryl/α,β-unsaturated/α-hetero) is 2. The maximum atomic E-state index is 14.2. The highest BCUT2D eigenvalue weighted by Gasteiger charge is 2.87. The minimum Gasteiger partial charge on any atom is -0.457 e. The lowest BCUT2D eigenvalue weighted by Gasteiger charge is -2.38. The zero-order valence-corrected chi connectivity index (χ0v) is 27.1. The first-order valence-electron chi connectivity index (χ1n) is 17.3. The van der Waals surface area contributed by atoms with Gasteiger partial charge in [0.05, 0.1) is 6.17 Å². The number of carbonyl (C=O) groups is 3. The molecule has 5 rings (SSSR count). The monoisotopic (exact) mass is 613 g/mol. The molecule has 5 fully saturated rings. The molecule has 3 aliphatic carbocycles. The Balaban J connectivity index is 1.39. The molecule has 4 unspecified atom stereocenters. The number of esters is 1. The van der Waals surface area contributed by atoms with Crippen molar-refractivity contribution >= 4 is 23.5 Å². The molecule has 0 aromatic carbocycles. The van der Waals surface area contributed by atoms with Gasteiger partial charge >= 0.3 is 5.97 Å². The smallest absolute Gasteiger partial charge is 0.350 e. The van der Waals surface area contributed by atoms with Gasteiger partial charge in [0.1, 0.15) is 5.60 Å². The van der Waals surface area contributed by atoms with Gasteiger partial charge in [-0.2, -0.15) is 0 Å². The van der Waals surface area contributed by atoms with E-state index in [-0.39, 0.29) is 42.0 Å². The van der Waals surface area contributed by atoms with Gasteiger partial charge in [0.2, 0.25) is 0 Å². The van der Waals surface area contributed by atoms with Gasteiger partial charge in [-0.15, -0.1) is 0 Å². The molecule has 0 bridgehead atoms. The molecule has 246 valence electrons. The van der Waals surface area contributed by atoms with Crippen LogP contribution in [-0.2, 0) is 23.9 Å². The number of aliphatic imine (C=N–C) groups is 1. The summed E-state index contributed by atoms with van der Waals surface area (Å²) in [6.45, 7) is 5.01. The van der Waals surface area contributed by atoms with Crippen molar-refractivity contribution < 1.29 is 23.9 Å². The Morgan fingerprint density at radius 3 is 2.50 bits per heavy atom. The number of epoxide rings is 1. The summed E-state index contributed by atoms with van der Waals surface area (Å²) in [5, 5.41) is 6.67. The number of nitrogens with zero attached hydrogens (tertiary/aromatic N) is 1. The second-order valence-corrected chi connectivity index (χ2v) is 14.2. The van der Waals surface area contributed by atoms with E-state index >= 15 is 0 Å². The van der Waals surface area contributed by atoms with Crippen LogP contribution in [0.5, 0.6) is 0 Å². The zero-order valence-electron chi connectivity index (χ0n) is 27.1. The molecule has 3 saturated carbocycles. The van der Waals surface area contributed by atoms with E-state index in [1.54, 1.807) is 7.05 Å². The second kappa shape index (κ2) is 13.6. The van der Waals surface area contributed by atoms with Crippen molar-refractivity contribution in [1.29, 1.82) is 0 Å². The molecule has 7 atom stereocenters. The first-order chi connectivity index (χ1) is 21.1. The van der Waals surface area contributed by atoms with Crippen LogP contribution < -0.4 is 22.1 Å². The van der Waals surface area contributed by atoms with Crippen molar-refractivity contribution in [2.45, 2.75) is 146 Å². The van der Waals surface area contributed by atoms with Crippen LogP contribution in [0.15, 0.2) is 16.6 Å². The summed E-state index contributed by atoms with van der Waals surface area (Å²) in [6.07, 6.45) is 15.2. The average molecular weight is 614 g/mol. The molecule has 44 heavy (non-hydrogen) atoms. The van der Waals surface area contributed by atoms with Crippen LogP contribution >= 0.6 is 0 Å². The Morgan fingerprint density at radius 2 is 1.84 bits per heavy atom. The molecular formula is C34H55N5O5. The SMILES string of the molecule is CCCCCC1(OC(=O)[C@]23O[C@@]2(CC=C(C)C[C@@H](NC(N)=NC)C2CCNC(N)C2)C(=O)C2CCCCC2C3=O)CCCC1. The number of nitrogens with two attached hydrogens (primary N) is 2. The van der Waals surface area contributed by atoms with Crippen LogP contribution in [0.1, 0.15) is 117 Å². The van der Waals surface area contributed by atoms with Gasteiger partial charge in [-0.05, 0) is 90.0 Å². The largest absolute Gasteiger partial charge is 0.457 e. The fraction of sp³-hybridized carbons (Fsp3) is 0.824. The lowest BCUT2D eigenvalue weighted by Crippen LogP contribution is -2.59. The number of rotatable bonds is 12. The summed E-state index contributed by atoms with van der Waals surface area (Å²) >= 11 is 0. The van der Waals surface area contributed by atoms with E-state index in [9.17, 15) is 14.4 Å². The third-order valence-electron chi connectivity index (χ3n) is 11.3. The fourth-order valence-corrected chi connectivity index (χ4v) is 8.69. The maximum absolute atomic E-state index is 14.2. The van der Waals surface area contributed by atoms with Crippen molar-refractivity contribution in [3.8, 4) is 0 Å². The Hall–Kier alpha value is -2.30. The van der Waals surface area contributed by atoms with Crippen molar-refractivity contribution in [2.75, 3.05) is 13.6 Å². The van der Waals surface area contributed by atoms with E-state index in [1.807, 2.05) is 13.0 Å². The van der Waals surface area contributed by atoms with E-state index in [0.717, 1.165) is 89.2 Å². The Kier molecular flexibility index (Phi) is 10.2.